The van der Waals surface area contributed by atoms with E-state index in [1.165, 1.54) is 12.8 Å². The molecule has 162 valence electrons. The first-order valence-electron chi connectivity index (χ1n) is 10.8. The standard InChI is InChI=1S/C24H33N3O3/c1-24(2,3)23(29)15-27-13-18-6-7-19(14-27)22(18)12-26-11-20(28)16-30-21-8-4-17(10-25)5-9-21/h4-5,8-9,12,18-20,22,28H,6-7,11,13-16H2,1-3H3. The number of fused-ring (bicyclic) bond motifs is 2. The summed E-state index contributed by atoms with van der Waals surface area (Å²) >= 11 is 0. The second-order valence-electron chi connectivity index (χ2n) is 9.66. The zero-order chi connectivity index (χ0) is 21.7. The molecule has 30 heavy (non-hydrogen) atoms. The summed E-state index contributed by atoms with van der Waals surface area (Å²) in [5.74, 6) is 2.48. The number of hydrogen-bond acceptors (Lipinski definition) is 6. The Morgan fingerprint density at radius 2 is 1.93 bits per heavy atom. The number of benzene rings is 1. The molecule has 1 heterocycles. The van der Waals surface area contributed by atoms with Crippen molar-refractivity contribution in [3.05, 3.63) is 29.8 Å². The predicted octanol–water partition coefficient (Wildman–Crippen LogP) is 2.94. The van der Waals surface area contributed by atoms with E-state index in [0.717, 1.165) is 13.1 Å². The van der Waals surface area contributed by atoms with Gasteiger partial charge in [-0.15, -0.1) is 0 Å². The average molecular weight is 412 g/mol. The molecule has 1 aliphatic carbocycles. The molecule has 1 aromatic carbocycles. The Bertz CT molecular complexity index is 777. The Hall–Kier alpha value is -2.23. The van der Waals surface area contributed by atoms with Gasteiger partial charge in [0.25, 0.3) is 0 Å². The molecular formula is C24H33N3O3. The summed E-state index contributed by atoms with van der Waals surface area (Å²) in [6, 6.07) is 8.90. The number of hydrogen-bond donors (Lipinski definition) is 1. The number of Topliss-reactive ketones (excluding diaryl/α,β-unsaturated/α-hetero) is 1. The largest absolute Gasteiger partial charge is 0.491 e. The molecular weight excluding hydrogens is 378 g/mol. The first kappa shape index (κ1) is 22.5. The van der Waals surface area contributed by atoms with E-state index in [0.29, 0.717) is 47.9 Å². The number of aliphatic hydroxyl groups is 1. The van der Waals surface area contributed by atoms with Crippen LogP contribution in [0.15, 0.2) is 29.3 Å². The van der Waals surface area contributed by atoms with Crippen molar-refractivity contribution < 1.29 is 14.6 Å². The average Bonchev–Trinajstić information content (AvgIpc) is 2.94. The maximum atomic E-state index is 12.4. The highest BCUT2D eigenvalue weighted by atomic mass is 16.5. The van der Waals surface area contributed by atoms with Crippen molar-refractivity contribution in [2.75, 3.05) is 32.8 Å². The van der Waals surface area contributed by atoms with Crippen molar-refractivity contribution in [3.63, 3.8) is 0 Å². The number of ether oxygens (including phenoxy) is 1. The number of aliphatic imine (C=N–C) groups is 1. The van der Waals surface area contributed by atoms with Gasteiger partial charge in [-0.05, 0) is 48.9 Å². The first-order chi connectivity index (χ1) is 14.3. The molecule has 2 fully saturated rings. The van der Waals surface area contributed by atoms with Crippen LogP contribution in [0.25, 0.3) is 0 Å². The number of rotatable bonds is 8. The van der Waals surface area contributed by atoms with Crippen LogP contribution < -0.4 is 4.74 Å². The Morgan fingerprint density at radius 3 is 2.50 bits per heavy atom. The molecule has 3 rings (SSSR count). The first-order valence-corrected chi connectivity index (χ1v) is 10.8. The van der Waals surface area contributed by atoms with Crippen molar-refractivity contribution in [2.45, 2.75) is 39.7 Å². The minimum Gasteiger partial charge on any atom is -0.491 e. The Balaban J connectivity index is 1.43. The van der Waals surface area contributed by atoms with E-state index in [9.17, 15) is 9.90 Å². The lowest BCUT2D eigenvalue weighted by Crippen LogP contribution is -2.46. The van der Waals surface area contributed by atoms with Gasteiger partial charge in [-0.25, -0.2) is 0 Å². The second-order valence-corrected chi connectivity index (χ2v) is 9.66. The van der Waals surface area contributed by atoms with E-state index in [1.807, 2.05) is 27.0 Å². The third-order valence-corrected chi connectivity index (χ3v) is 6.21. The number of carbonyl (C=O) groups is 1. The highest BCUT2D eigenvalue weighted by Gasteiger charge is 2.41. The van der Waals surface area contributed by atoms with Crippen LogP contribution in [0.4, 0.5) is 0 Å². The summed E-state index contributed by atoms with van der Waals surface area (Å²) in [4.78, 5) is 19.2. The lowest BCUT2D eigenvalue weighted by molar-refractivity contribution is -0.128. The maximum absolute atomic E-state index is 12.4. The molecule has 1 saturated carbocycles. The van der Waals surface area contributed by atoms with Crippen LogP contribution in [-0.4, -0.2) is 60.9 Å². The maximum Gasteiger partial charge on any atom is 0.152 e. The molecule has 0 radical (unpaired) electrons. The molecule has 3 unspecified atom stereocenters. The minimum absolute atomic E-state index is 0.170. The van der Waals surface area contributed by atoms with E-state index in [-0.39, 0.29) is 12.0 Å². The number of nitrogens with zero attached hydrogens (tertiary/aromatic N) is 3. The van der Waals surface area contributed by atoms with Gasteiger partial charge in [0.15, 0.2) is 5.78 Å². The van der Waals surface area contributed by atoms with Crippen LogP contribution in [0.1, 0.15) is 39.2 Å². The fourth-order valence-corrected chi connectivity index (χ4v) is 4.35. The van der Waals surface area contributed by atoms with E-state index >= 15 is 0 Å². The summed E-state index contributed by atoms with van der Waals surface area (Å²) in [5, 5.41) is 19.0. The summed E-state index contributed by atoms with van der Waals surface area (Å²) < 4.78 is 5.57. The van der Waals surface area contributed by atoms with Crippen LogP contribution in [0, 0.1) is 34.5 Å². The molecule has 2 aliphatic rings. The fourth-order valence-electron chi connectivity index (χ4n) is 4.35. The number of carbonyl (C=O) groups excluding carboxylic acids is 1. The van der Waals surface area contributed by atoms with Crippen LogP contribution in [0.2, 0.25) is 0 Å². The molecule has 6 heteroatoms. The third-order valence-electron chi connectivity index (χ3n) is 6.21. The number of ketones is 1. The molecule has 0 aromatic heterocycles. The van der Waals surface area contributed by atoms with Gasteiger partial charge in [0.05, 0.1) is 24.7 Å². The van der Waals surface area contributed by atoms with Crippen molar-refractivity contribution in [1.82, 2.24) is 4.90 Å². The number of likely N-dealkylation sites (tertiary alicyclic amines) is 1. The van der Waals surface area contributed by atoms with Gasteiger partial charge in [0.1, 0.15) is 18.5 Å². The fraction of sp³-hybridized carbons (Fsp3) is 0.625. The van der Waals surface area contributed by atoms with Crippen LogP contribution in [0.3, 0.4) is 0 Å². The van der Waals surface area contributed by atoms with E-state index < -0.39 is 6.10 Å². The van der Waals surface area contributed by atoms with Crippen molar-refractivity contribution >= 4 is 12.0 Å². The Labute approximate surface area is 179 Å². The zero-order valence-electron chi connectivity index (χ0n) is 18.3. The minimum atomic E-state index is -0.668. The van der Waals surface area contributed by atoms with Gasteiger partial charge in [-0.1, -0.05) is 20.8 Å². The molecule has 2 bridgehead atoms. The summed E-state index contributed by atoms with van der Waals surface area (Å²) in [7, 11) is 0. The van der Waals surface area contributed by atoms with E-state index in [1.54, 1.807) is 24.3 Å². The van der Waals surface area contributed by atoms with Crippen molar-refractivity contribution in [2.24, 2.45) is 28.2 Å². The van der Waals surface area contributed by atoms with E-state index in [2.05, 4.69) is 16.0 Å². The van der Waals surface area contributed by atoms with Crippen LogP contribution in [-0.2, 0) is 4.79 Å². The van der Waals surface area contributed by atoms with Gasteiger partial charge in [0.2, 0.25) is 0 Å². The highest BCUT2D eigenvalue weighted by molar-refractivity contribution is 5.85. The van der Waals surface area contributed by atoms with Gasteiger partial charge >= 0.3 is 0 Å². The van der Waals surface area contributed by atoms with Crippen molar-refractivity contribution in [1.29, 1.82) is 5.26 Å². The van der Waals surface area contributed by atoms with Gasteiger partial charge < -0.3 is 9.84 Å². The molecule has 1 aliphatic heterocycles. The summed E-state index contributed by atoms with van der Waals surface area (Å²) in [5.41, 5.74) is 0.295. The highest BCUT2D eigenvalue weighted by Crippen LogP contribution is 2.41. The van der Waals surface area contributed by atoms with E-state index in [4.69, 9.17) is 10.00 Å². The van der Waals surface area contributed by atoms with Crippen LogP contribution >= 0.6 is 0 Å². The Kier molecular flexibility index (Phi) is 7.27. The molecule has 1 saturated heterocycles. The number of aliphatic hydroxyl groups excluding tert-OH is 1. The smallest absolute Gasteiger partial charge is 0.152 e. The zero-order valence-corrected chi connectivity index (χ0v) is 18.3. The predicted molar refractivity (Wildman–Crippen MR) is 117 cm³/mol. The molecule has 1 N–H and O–H groups in total. The molecule has 3 atom stereocenters. The van der Waals surface area contributed by atoms with Gasteiger partial charge in [-0.3, -0.25) is 14.7 Å². The van der Waals surface area contributed by atoms with Crippen LogP contribution in [0.5, 0.6) is 5.75 Å². The van der Waals surface area contributed by atoms with Crippen molar-refractivity contribution in [3.8, 4) is 11.8 Å². The number of piperidine rings is 1. The quantitative estimate of drug-likeness (QED) is 0.665. The molecule has 6 nitrogen and oxygen atoms in total. The molecule has 0 amide bonds. The summed E-state index contributed by atoms with van der Waals surface area (Å²) in [6.45, 7) is 8.91. The number of nitriles is 1. The monoisotopic (exact) mass is 411 g/mol. The second kappa shape index (κ2) is 9.72. The third kappa shape index (κ3) is 5.90. The normalized spacial score (nSPS) is 25.2. The van der Waals surface area contributed by atoms with Gasteiger partial charge in [-0.2, -0.15) is 5.26 Å². The summed E-state index contributed by atoms with van der Waals surface area (Å²) in [6.07, 6.45) is 3.74. The Morgan fingerprint density at radius 1 is 1.30 bits per heavy atom. The van der Waals surface area contributed by atoms with Gasteiger partial charge in [0, 0.05) is 30.6 Å². The molecule has 1 aromatic rings. The molecule has 0 spiro atoms. The topological polar surface area (TPSA) is 85.9 Å². The lowest BCUT2D eigenvalue weighted by atomic mass is 9.84. The SMILES string of the molecule is CC(C)(C)C(=O)CN1CC2CCC(C1)C2C=NCC(O)COc1ccc(C#N)cc1. The lowest BCUT2D eigenvalue weighted by Gasteiger charge is -2.37.